The molecule has 0 aliphatic heterocycles. The normalized spacial score (nSPS) is 16.1. The van der Waals surface area contributed by atoms with E-state index in [0.717, 1.165) is 43.0 Å². The van der Waals surface area contributed by atoms with Gasteiger partial charge in [0.15, 0.2) is 0 Å². The van der Waals surface area contributed by atoms with E-state index in [9.17, 15) is 9.59 Å². The second-order valence-corrected chi connectivity index (χ2v) is 6.40. The molecule has 3 rings (SSSR count). The number of fused-ring (bicyclic) bond motifs is 1. The molecule has 5 nitrogen and oxygen atoms in total. The molecule has 5 heteroatoms. The van der Waals surface area contributed by atoms with Gasteiger partial charge < -0.3 is 14.5 Å². The Balaban J connectivity index is 2.21. The number of carbonyl (C=O) groups excluding carboxylic acids is 2. The maximum absolute atomic E-state index is 12.9. The minimum atomic E-state index is -1.43. The van der Waals surface area contributed by atoms with Gasteiger partial charge in [-0.15, -0.1) is 0 Å². The molecular formula is C19H23NO4. The number of esters is 2. The van der Waals surface area contributed by atoms with Crippen LogP contribution in [0.2, 0.25) is 0 Å². The first kappa shape index (κ1) is 16.6. The summed E-state index contributed by atoms with van der Waals surface area (Å²) in [6.07, 6.45) is 4.74. The first-order chi connectivity index (χ1) is 11.6. The molecule has 0 unspecified atom stereocenters. The number of carbonyl (C=O) groups is 2. The van der Waals surface area contributed by atoms with Crippen LogP contribution in [0, 0.1) is 5.92 Å². The first-order valence-corrected chi connectivity index (χ1v) is 8.39. The molecule has 24 heavy (non-hydrogen) atoms. The van der Waals surface area contributed by atoms with E-state index in [2.05, 4.69) is 4.98 Å². The standard InChI is InChI=1S/C19H23NO4/c1-23-17(21)19(18(22)24-2,14-9-4-3-5-10-14)16-12-13-8-6-7-11-15(13)20-16/h6-8,11-12,14,20H,3-5,9-10H2,1-2H3. The fraction of sp³-hybridized carbons (Fsp3) is 0.474. The van der Waals surface area contributed by atoms with Gasteiger partial charge in [-0.1, -0.05) is 37.5 Å². The zero-order valence-corrected chi connectivity index (χ0v) is 14.1. The summed E-state index contributed by atoms with van der Waals surface area (Å²) in [5.41, 5.74) is 0.0259. The van der Waals surface area contributed by atoms with Crippen molar-refractivity contribution < 1.29 is 19.1 Å². The van der Waals surface area contributed by atoms with Crippen LogP contribution in [-0.4, -0.2) is 31.1 Å². The highest BCUT2D eigenvalue weighted by Crippen LogP contribution is 2.43. The predicted octanol–water partition coefficient (Wildman–Crippen LogP) is 3.33. The van der Waals surface area contributed by atoms with E-state index in [1.807, 2.05) is 30.3 Å². The highest BCUT2D eigenvalue weighted by Gasteiger charge is 2.56. The Bertz CT molecular complexity index is 694. The fourth-order valence-electron chi connectivity index (χ4n) is 4.00. The zero-order chi connectivity index (χ0) is 17.2. The fourth-order valence-corrected chi connectivity index (χ4v) is 4.00. The summed E-state index contributed by atoms with van der Waals surface area (Å²) in [5.74, 6) is -1.22. The number of nitrogens with one attached hydrogen (secondary N) is 1. The summed E-state index contributed by atoms with van der Waals surface area (Å²) >= 11 is 0. The molecular weight excluding hydrogens is 306 g/mol. The van der Waals surface area contributed by atoms with E-state index in [1.54, 1.807) is 0 Å². The van der Waals surface area contributed by atoms with Gasteiger partial charge in [0, 0.05) is 11.2 Å². The molecule has 1 aromatic carbocycles. The lowest BCUT2D eigenvalue weighted by molar-refractivity contribution is -0.166. The van der Waals surface area contributed by atoms with Crippen LogP contribution in [0.5, 0.6) is 0 Å². The number of para-hydroxylation sites is 1. The molecule has 1 aliphatic rings. The lowest BCUT2D eigenvalue weighted by Crippen LogP contribution is -2.52. The summed E-state index contributed by atoms with van der Waals surface area (Å²) in [6.45, 7) is 0. The van der Waals surface area contributed by atoms with Gasteiger partial charge in [0.05, 0.1) is 14.2 Å². The molecule has 0 spiro atoms. The Kier molecular flexibility index (Phi) is 4.60. The molecule has 0 radical (unpaired) electrons. The molecule has 0 bridgehead atoms. The van der Waals surface area contributed by atoms with Crippen LogP contribution in [0.1, 0.15) is 37.8 Å². The number of ether oxygens (including phenoxy) is 2. The zero-order valence-electron chi connectivity index (χ0n) is 14.1. The molecule has 1 saturated carbocycles. The Morgan fingerprint density at radius 3 is 2.25 bits per heavy atom. The number of methoxy groups -OCH3 is 2. The highest BCUT2D eigenvalue weighted by atomic mass is 16.5. The number of H-pyrrole nitrogens is 1. The molecule has 0 saturated heterocycles. The van der Waals surface area contributed by atoms with E-state index >= 15 is 0 Å². The van der Waals surface area contributed by atoms with Gasteiger partial charge in [-0.3, -0.25) is 9.59 Å². The molecule has 1 fully saturated rings. The van der Waals surface area contributed by atoms with Gasteiger partial charge in [-0.25, -0.2) is 0 Å². The second-order valence-electron chi connectivity index (χ2n) is 6.40. The van der Waals surface area contributed by atoms with Crippen LogP contribution in [0.3, 0.4) is 0 Å². The van der Waals surface area contributed by atoms with E-state index in [-0.39, 0.29) is 5.92 Å². The first-order valence-electron chi connectivity index (χ1n) is 8.39. The van der Waals surface area contributed by atoms with E-state index in [0.29, 0.717) is 5.69 Å². The Morgan fingerprint density at radius 2 is 1.67 bits per heavy atom. The number of hydrogen-bond acceptors (Lipinski definition) is 4. The van der Waals surface area contributed by atoms with E-state index < -0.39 is 17.4 Å². The molecule has 1 aliphatic carbocycles. The topological polar surface area (TPSA) is 68.4 Å². The van der Waals surface area contributed by atoms with Gasteiger partial charge in [-0.2, -0.15) is 0 Å². The van der Waals surface area contributed by atoms with Crippen LogP contribution in [0.25, 0.3) is 10.9 Å². The molecule has 0 atom stereocenters. The maximum atomic E-state index is 12.9. The van der Waals surface area contributed by atoms with Gasteiger partial charge in [0.1, 0.15) is 0 Å². The monoisotopic (exact) mass is 329 g/mol. The third-order valence-electron chi connectivity index (χ3n) is 5.19. The smallest absolute Gasteiger partial charge is 0.329 e. The van der Waals surface area contributed by atoms with Crippen molar-refractivity contribution in [2.75, 3.05) is 14.2 Å². The van der Waals surface area contributed by atoms with Crippen molar-refractivity contribution in [3.8, 4) is 0 Å². The lowest BCUT2D eigenvalue weighted by Gasteiger charge is -2.37. The molecule has 128 valence electrons. The predicted molar refractivity (Wildman–Crippen MR) is 90.6 cm³/mol. The van der Waals surface area contributed by atoms with Crippen LogP contribution in [0.15, 0.2) is 30.3 Å². The number of hydrogen-bond donors (Lipinski definition) is 1. The molecule has 2 aromatic rings. The lowest BCUT2D eigenvalue weighted by atomic mass is 9.66. The number of rotatable bonds is 4. The van der Waals surface area contributed by atoms with Crippen molar-refractivity contribution in [2.24, 2.45) is 5.92 Å². The van der Waals surface area contributed by atoms with E-state index in [1.165, 1.54) is 14.2 Å². The Morgan fingerprint density at radius 1 is 1.04 bits per heavy atom. The molecule has 1 aromatic heterocycles. The molecule has 0 amide bonds. The SMILES string of the molecule is COC(=O)C(C(=O)OC)(c1cc2ccccc2[nH]1)C1CCCCC1. The Labute approximate surface area is 141 Å². The van der Waals surface area contributed by atoms with Crippen molar-refractivity contribution in [2.45, 2.75) is 37.5 Å². The third kappa shape index (κ3) is 2.48. The minimum Gasteiger partial charge on any atom is -0.468 e. The van der Waals surface area contributed by atoms with Gasteiger partial charge in [0.2, 0.25) is 5.41 Å². The summed E-state index contributed by atoms with van der Waals surface area (Å²) in [6, 6.07) is 9.60. The quantitative estimate of drug-likeness (QED) is 0.690. The van der Waals surface area contributed by atoms with Crippen molar-refractivity contribution in [3.63, 3.8) is 0 Å². The van der Waals surface area contributed by atoms with Crippen molar-refractivity contribution in [3.05, 3.63) is 36.0 Å². The average Bonchev–Trinajstić information content (AvgIpc) is 3.06. The van der Waals surface area contributed by atoms with Crippen molar-refractivity contribution >= 4 is 22.8 Å². The highest BCUT2D eigenvalue weighted by molar-refractivity contribution is 6.07. The van der Waals surface area contributed by atoms with Crippen LogP contribution < -0.4 is 0 Å². The minimum absolute atomic E-state index is 0.126. The second kappa shape index (κ2) is 6.67. The summed E-state index contributed by atoms with van der Waals surface area (Å²) in [5, 5.41) is 0.959. The average molecular weight is 329 g/mol. The summed E-state index contributed by atoms with van der Waals surface area (Å²) in [7, 11) is 2.65. The number of aromatic amines is 1. The molecule has 1 N–H and O–H groups in total. The number of benzene rings is 1. The summed E-state index contributed by atoms with van der Waals surface area (Å²) in [4.78, 5) is 29.0. The van der Waals surface area contributed by atoms with Gasteiger partial charge in [0.25, 0.3) is 0 Å². The maximum Gasteiger partial charge on any atom is 0.329 e. The van der Waals surface area contributed by atoms with E-state index in [4.69, 9.17) is 9.47 Å². The van der Waals surface area contributed by atoms with Gasteiger partial charge >= 0.3 is 11.9 Å². The van der Waals surface area contributed by atoms with Crippen LogP contribution in [-0.2, 0) is 24.5 Å². The summed E-state index contributed by atoms with van der Waals surface area (Å²) < 4.78 is 10.2. The van der Waals surface area contributed by atoms with Crippen LogP contribution in [0.4, 0.5) is 0 Å². The third-order valence-corrected chi connectivity index (χ3v) is 5.19. The molecule has 1 heterocycles. The van der Waals surface area contributed by atoms with Crippen molar-refractivity contribution in [1.29, 1.82) is 0 Å². The Hall–Kier alpha value is -2.30. The van der Waals surface area contributed by atoms with Crippen molar-refractivity contribution in [1.82, 2.24) is 4.98 Å². The number of aromatic nitrogens is 1. The largest absolute Gasteiger partial charge is 0.468 e. The van der Waals surface area contributed by atoms with Crippen LogP contribution >= 0.6 is 0 Å². The van der Waals surface area contributed by atoms with Gasteiger partial charge in [-0.05, 0) is 36.3 Å².